The Bertz CT molecular complexity index is 283. The first-order chi connectivity index (χ1) is 8.39. The van der Waals surface area contributed by atoms with Crippen LogP contribution in [-0.2, 0) is 18.8 Å². The summed E-state index contributed by atoms with van der Waals surface area (Å²) in [6, 6.07) is 0. The average Bonchev–Trinajstić information content (AvgIpc) is 2.46. The molecule has 0 atom stereocenters. The van der Waals surface area contributed by atoms with Crippen LogP contribution in [0, 0.1) is 0 Å². The van der Waals surface area contributed by atoms with Gasteiger partial charge in [0.2, 0.25) is 0 Å². The van der Waals surface area contributed by atoms with Gasteiger partial charge in [-0.15, -0.1) is 0 Å². The molecule has 18 heavy (non-hydrogen) atoms. The zero-order valence-corrected chi connectivity index (χ0v) is 11.8. The van der Waals surface area contributed by atoms with Crippen molar-refractivity contribution in [3.8, 4) is 0 Å². The molecular formula is C13H23BO4. The smallest absolute Gasteiger partial charge is 0.400 e. The molecule has 1 aliphatic rings. The first-order valence-electron chi connectivity index (χ1n) is 6.43. The Balaban J connectivity index is 2.22. The van der Waals surface area contributed by atoms with Crippen molar-refractivity contribution < 1.29 is 18.8 Å². The highest BCUT2D eigenvalue weighted by atomic mass is 16.7. The minimum Gasteiger partial charge on any atom is -0.400 e. The Morgan fingerprint density at radius 1 is 1.17 bits per heavy atom. The van der Waals surface area contributed by atoms with E-state index in [9.17, 15) is 4.79 Å². The van der Waals surface area contributed by atoms with Crippen LogP contribution in [0.4, 0.5) is 0 Å². The molecule has 1 fully saturated rings. The summed E-state index contributed by atoms with van der Waals surface area (Å²) in [5, 5.41) is 0. The number of carbonyl (C=O) groups excluding carboxylic acids is 1. The van der Waals surface area contributed by atoms with Crippen LogP contribution < -0.4 is 0 Å². The highest BCUT2D eigenvalue weighted by Crippen LogP contribution is 2.36. The third-order valence-corrected chi connectivity index (χ3v) is 3.39. The lowest BCUT2D eigenvalue weighted by Gasteiger charge is -2.32. The van der Waals surface area contributed by atoms with E-state index in [0.29, 0.717) is 19.6 Å². The van der Waals surface area contributed by atoms with Gasteiger partial charge in [0.05, 0.1) is 17.8 Å². The highest BCUT2D eigenvalue weighted by Gasteiger charge is 2.49. The Morgan fingerprint density at radius 3 is 2.33 bits per heavy atom. The normalized spacial score (nSPS) is 21.7. The van der Waals surface area contributed by atoms with Crippen LogP contribution in [-0.4, -0.2) is 37.8 Å². The van der Waals surface area contributed by atoms with E-state index in [2.05, 4.69) is 0 Å². The molecule has 1 heterocycles. The Morgan fingerprint density at radius 2 is 1.78 bits per heavy atom. The monoisotopic (exact) mass is 254 g/mol. The van der Waals surface area contributed by atoms with Crippen LogP contribution in [0.25, 0.3) is 0 Å². The van der Waals surface area contributed by atoms with E-state index >= 15 is 0 Å². The quantitative estimate of drug-likeness (QED) is 0.397. The molecule has 1 rings (SSSR count). The third-order valence-electron chi connectivity index (χ3n) is 3.39. The van der Waals surface area contributed by atoms with Gasteiger partial charge in [-0.1, -0.05) is 12.1 Å². The predicted molar refractivity (Wildman–Crippen MR) is 71.3 cm³/mol. The molecule has 0 aromatic heterocycles. The number of hydrogen-bond donors (Lipinski definition) is 0. The van der Waals surface area contributed by atoms with E-state index < -0.39 is 0 Å². The van der Waals surface area contributed by atoms with Crippen molar-refractivity contribution in [3.63, 3.8) is 0 Å². The maximum Gasteiger partial charge on any atom is 0.486 e. The standard InChI is InChI=1S/C13H23BO4/c1-12(2)13(3,4)18-14(17-12)8-7-11-16-10-6-5-9-15/h7-9H,5-6,10-11H2,1-4H3/b8-7+. The van der Waals surface area contributed by atoms with Crippen LogP contribution in [0.1, 0.15) is 40.5 Å². The first kappa shape index (κ1) is 15.4. The van der Waals surface area contributed by atoms with Gasteiger partial charge >= 0.3 is 7.12 Å². The molecule has 5 heteroatoms. The lowest BCUT2D eigenvalue weighted by atomic mass is 9.90. The predicted octanol–water partition coefficient (Wildman–Crippen LogP) is 2.17. The van der Waals surface area contributed by atoms with Crippen LogP contribution in [0.5, 0.6) is 0 Å². The molecule has 0 bridgehead atoms. The zero-order valence-electron chi connectivity index (χ0n) is 11.8. The summed E-state index contributed by atoms with van der Waals surface area (Å²) < 4.78 is 16.9. The minimum absolute atomic E-state index is 0.299. The van der Waals surface area contributed by atoms with Crippen molar-refractivity contribution in [2.24, 2.45) is 0 Å². The van der Waals surface area contributed by atoms with Crippen molar-refractivity contribution in [2.45, 2.75) is 51.7 Å². The first-order valence-corrected chi connectivity index (χ1v) is 6.43. The van der Waals surface area contributed by atoms with Crippen LogP contribution in [0.2, 0.25) is 0 Å². The molecular weight excluding hydrogens is 231 g/mol. The van der Waals surface area contributed by atoms with Gasteiger partial charge in [0.15, 0.2) is 0 Å². The molecule has 0 saturated carbocycles. The topological polar surface area (TPSA) is 44.8 Å². The van der Waals surface area contributed by atoms with E-state index in [0.717, 1.165) is 12.7 Å². The van der Waals surface area contributed by atoms with Gasteiger partial charge in [-0.25, -0.2) is 0 Å². The van der Waals surface area contributed by atoms with Gasteiger partial charge < -0.3 is 18.8 Å². The zero-order chi connectivity index (χ0) is 13.6. The molecule has 0 spiro atoms. The molecule has 4 nitrogen and oxygen atoms in total. The maximum absolute atomic E-state index is 10.1. The van der Waals surface area contributed by atoms with Crippen molar-refractivity contribution >= 4 is 13.4 Å². The fourth-order valence-electron chi connectivity index (χ4n) is 1.55. The number of aldehydes is 1. The second kappa shape index (κ2) is 6.50. The lowest BCUT2D eigenvalue weighted by molar-refractivity contribution is -0.108. The van der Waals surface area contributed by atoms with Crippen LogP contribution in [0.3, 0.4) is 0 Å². The van der Waals surface area contributed by atoms with E-state index in [1.54, 1.807) is 0 Å². The van der Waals surface area contributed by atoms with Crippen molar-refractivity contribution in [2.75, 3.05) is 13.2 Å². The summed E-state index contributed by atoms with van der Waals surface area (Å²) in [7, 11) is -0.312. The van der Waals surface area contributed by atoms with Gasteiger partial charge in [-0.3, -0.25) is 0 Å². The van der Waals surface area contributed by atoms with E-state index in [1.165, 1.54) is 0 Å². The van der Waals surface area contributed by atoms with Crippen LogP contribution in [0.15, 0.2) is 12.1 Å². The summed E-state index contributed by atoms with van der Waals surface area (Å²) in [4.78, 5) is 10.1. The maximum atomic E-state index is 10.1. The molecule has 102 valence electrons. The third kappa shape index (κ3) is 4.23. The number of rotatable bonds is 7. The molecule has 0 aromatic rings. The molecule has 0 aromatic carbocycles. The largest absolute Gasteiger partial charge is 0.486 e. The number of unbranched alkanes of at least 4 members (excludes halogenated alkanes) is 1. The van der Waals surface area contributed by atoms with Crippen LogP contribution >= 0.6 is 0 Å². The molecule has 0 radical (unpaired) electrons. The summed E-state index contributed by atoms with van der Waals surface area (Å²) in [6.45, 7) is 9.22. The molecule has 0 unspecified atom stereocenters. The lowest BCUT2D eigenvalue weighted by Crippen LogP contribution is -2.41. The second-order valence-corrected chi connectivity index (χ2v) is 5.44. The van der Waals surface area contributed by atoms with E-state index in [-0.39, 0.29) is 18.3 Å². The van der Waals surface area contributed by atoms with E-state index in [1.807, 2.05) is 39.7 Å². The van der Waals surface area contributed by atoms with Crippen molar-refractivity contribution in [3.05, 3.63) is 12.1 Å². The number of carbonyl (C=O) groups is 1. The van der Waals surface area contributed by atoms with Gasteiger partial charge in [-0.2, -0.15) is 0 Å². The summed E-state index contributed by atoms with van der Waals surface area (Å²) >= 11 is 0. The SMILES string of the molecule is CC1(C)OB(/C=C/COCCCC=O)OC1(C)C. The summed E-state index contributed by atoms with van der Waals surface area (Å²) in [5.74, 6) is 1.87. The van der Waals surface area contributed by atoms with E-state index in [4.69, 9.17) is 14.0 Å². The highest BCUT2D eigenvalue weighted by molar-refractivity contribution is 6.51. The Kier molecular flexibility index (Phi) is 5.57. The van der Waals surface area contributed by atoms with Gasteiger partial charge in [0.25, 0.3) is 0 Å². The Labute approximate surface area is 110 Å². The van der Waals surface area contributed by atoms with Crippen molar-refractivity contribution in [1.82, 2.24) is 0 Å². The molecule has 1 saturated heterocycles. The average molecular weight is 254 g/mol. The van der Waals surface area contributed by atoms with Gasteiger partial charge in [-0.05, 0) is 34.1 Å². The molecule has 0 amide bonds. The molecule has 0 N–H and O–H groups in total. The Hall–Kier alpha value is -0.645. The fraction of sp³-hybridized carbons (Fsp3) is 0.769. The molecule has 0 aliphatic carbocycles. The number of hydrogen-bond acceptors (Lipinski definition) is 4. The fourth-order valence-corrected chi connectivity index (χ4v) is 1.55. The second-order valence-electron chi connectivity index (χ2n) is 5.44. The van der Waals surface area contributed by atoms with Gasteiger partial charge in [0.1, 0.15) is 6.29 Å². The number of ether oxygens (including phenoxy) is 1. The van der Waals surface area contributed by atoms with Crippen molar-refractivity contribution in [1.29, 1.82) is 0 Å². The summed E-state index contributed by atoms with van der Waals surface area (Å²) in [6.07, 6.45) is 4.13. The minimum atomic E-state index is -0.312. The summed E-state index contributed by atoms with van der Waals surface area (Å²) in [5.41, 5.74) is -0.598. The van der Waals surface area contributed by atoms with Gasteiger partial charge in [0, 0.05) is 13.0 Å². The molecule has 1 aliphatic heterocycles.